The molecule has 4 amide bonds. The van der Waals surface area contributed by atoms with Crippen molar-refractivity contribution >= 4 is 24.4 Å². The summed E-state index contributed by atoms with van der Waals surface area (Å²) in [5.74, 6) is 1.37. The highest BCUT2D eigenvalue weighted by atomic mass is 16.6. The topological polar surface area (TPSA) is 141 Å². The molecule has 0 spiro atoms. The van der Waals surface area contributed by atoms with Crippen LogP contribution >= 0.6 is 0 Å². The van der Waals surface area contributed by atoms with Gasteiger partial charge in [0.1, 0.15) is 22.4 Å². The lowest BCUT2D eigenvalue weighted by Crippen LogP contribution is -2.62. The third-order valence-corrected chi connectivity index (χ3v) is 17.4. The maximum atomic E-state index is 12.3. The third-order valence-electron chi connectivity index (χ3n) is 17.4. The first-order chi connectivity index (χ1) is 41.3. The Bertz CT molecular complexity index is 2070. The van der Waals surface area contributed by atoms with E-state index in [-0.39, 0.29) is 42.0 Å². The van der Waals surface area contributed by atoms with E-state index in [1.54, 1.807) is 4.90 Å². The molecule has 6 fully saturated rings. The van der Waals surface area contributed by atoms with Gasteiger partial charge in [0.2, 0.25) is 0 Å². The van der Waals surface area contributed by atoms with Crippen LogP contribution in [0, 0.1) is 11.8 Å². The normalized spacial score (nSPS) is 22.6. The van der Waals surface area contributed by atoms with Crippen molar-refractivity contribution in [1.82, 2.24) is 53.9 Å². The summed E-state index contributed by atoms with van der Waals surface area (Å²) in [4.78, 5) is 72.8. The fraction of sp³-hybridized carbons (Fsp3) is 0.944. The number of piperazine rings is 5. The van der Waals surface area contributed by atoms with E-state index in [9.17, 15) is 19.2 Å². The molecule has 538 valence electrons. The molecule has 0 bridgehead atoms. The summed E-state index contributed by atoms with van der Waals surface area (Å²) in [6.45, 7) is 83.6. The quantitative estimate of drug-likeness (QED) is 0.233. The molecule has 3 unspecified atom stereocenters. The number of likely N-dealkylation sites (N-methyl/N-ethyl adjacent to an activating group) is 1. The number of carbonyl (C=O) groups excluding carboxylic acids is 4. The minimum absolute atomic E-state index is 0.172. The molecule has 19 heteroatoms. The molecule has 0 radical (unpaired) electrons. The number of ether oxygens (including phenoxy) is 4. The van der Waals surface area contributed by atoms with Crippen LogP contribution in [0.3, 0.4) is 0 Å². The van der Waals surface area contributed by atoms with E-state index >= 15 is 0 Å². The van der Waals surface area contributed by atoms with Gasteiger partial charge < -0.3 is 48.3 Å². The van der Waals surface area contributed by atoms with E-state index in [0.29, 0.717) is 35.6 Å². The summed E-state index contributed by atoms with van der Waals surface area (Å²) < 4.78 is 21.8. The number of carbonyl (C=O) groups is 4. The number of hydrogen-bond acceptors (Lipinski definition) is 15. The second-order valence-corrected chi connectivity index (χ2v) is 34.1. The smallest absolute Gasteiger partial charge is 0.410 e. The maximum absolute atomic E-state index is 12.3. The van der Waals surface area contributed by atoms with Gasteiger partial charge in [-0.2, -0.15) is 0 Å². The van der Waals surface area contributed by atoms with Gasteiger partial charge in [0, 0.05) is 160 Å². The zero-order chi connectivity index (χ0) is 70.5. The Morgan fingerprint density at radius 3 is 1.15 bits per heavy atom. The number of amides is 4. The van der Waals surface area contributed by atoms with Gasteiger partial charge in [0.25, 0.3) is 0 Å². The molecule has 6 rings (SSSR count). The molecule has 19 nitrogen and oxygen atoms in total. The van der Waals surface area contributed by atoms with Gasteiger partial charge in [-0.3, -0.25) is 24.5 Å². The lowest BCUT2D eigenvalue weighted by Gasteiger charge is -2.48. The highest BCUT2D eigenvalue weighted by molar-refractivity contribution is 5.70. The third kappa shape index (κ3) is 34.4. The Morgan fingerprint density at radius 1 is 0.407 bits per heavy atom. The molecule has 91 heavy (non-hydrogen) atoms. The van der Waals surface area contributed by atoms with Gasteiger partial charge in [-0.1, -0.05) is 20.8 Å². The summed E-state index contributed by atoms with van der Waals surface area (Å²) in [5.41, 5.74) is -1.47. The van der Waals surface area contributed by atoms with Crippen molar-refractivity contribution in [2.24, 2.45) is 11.8 Å². The van der Waals surface area contributed by atoms with Gasteiger partial charge >= 0.3 is 24.4 Å². The Morgan fingerprint density at radius 2 is 0.780 bits per heavy atom. The molecule has 6 heterocycles. The standard InChI is InChI=1S/C15H30N2O2.C14H28N2O2.C13H26N2O2.C12H24N2O2.C9H20N2.C9H19N/c1-11(2)13-10-16(12(3)4)8-9-17(13)14(18)19-15(5,6)7;1-11(2)15-8-9-16(14(6,7)10-15)12(17)18-13(3,4)5;1-10(2)14-7-8-15(11(3)9-14)12(16)17-13(4,5)6;1-10(2)13-6-8-14(9-7-13)11(15)16-12(3,4)5;1-9(2,3)11-7-5-10(4)6-8-11;1-8(2)10-6-4-5-9(3)7-10/h11-13H,8-10H2,1-7H3;11H,8-10H2,1-7H3;10-11H,7-9H2,1-6H3;10H,6-9H2,1-5H3;5-8H2,1-4H3;8-9H,4-7H2,1-3H3. The van der Waals surface area contributed by atoms with Crippen LogP contribution in [0.25, 0.3) is 0 Å². The monoisotopic (exact) mass is 1290 g/mol. The molecule has 0 aromatic heterocycles. The number of rotatable bonds is 6. The van der Waals surface area contributed by atoms with Gasteiger partial charge in [0.15, 0.2) is 0 Å². The zero-order valence-corrected chi connectivity index (χ0v) is 65.2. The van der Waals surface area contributed by atoms with E-state index in [0.717, 1.165) is 97.0 Å². The van der Waals surface area contributed by atoms with Gasteiger partial charge in [-0.15, -0.1) is 0 Å². The summed E-state index contributed by atoms with van der Waals surface area (Å²) in [7, 11) is 2.19. The second-order valence-electron chi connectivity index (χ2n) is 34.1. The Kier molecular flexibility index (Phi) is 35.8. The largest absolute Gasteiger partial charge is 0.444 e. The minimum Gasteiger partial charge on any atom is -0.444 e. The van der Waals surface area contributed by atoms with Crippen LogP contribution in [0.5, 0.6) is 0 Å². The zero-order valence-electron chi connectivity index (χ0n) is 65.2. The SMILES string of the molecule is CC(C)C1CN(C(C)C)CCN1C(=O)OC(C)(C)C.CC(C)N1CCN(C(=O)OC(C)(C)C)C(C)(C)C1.CC(C)N1CCN(C(=O)OC(C)(C)C)C(C)C1.CC(C)N1CCN(C(=O)OC(C)(C)C)CC1.CC1CCCN(C(C)C)C1.CN1CCN(C(C)(C)C)CC1. The second kappa shape index (κ2) is 37.9. The molecule has 0 aromatic carbocycles. The van der Waals surface area contributed by atoms with Crippen molar-refractivity contribution in [1.29, 1.82) is 0 Å². The molecule has 0 N–H and O–H groups in total. The van der Waals surface area contributed by atoms with Crippen molar-refractivity contribution in [3.8, 4) is 0 Å². The number of piperidine rings is 1. The Labute approximate surface area is 560 Å². The highest BCUT2D eigenvalue weighted by Gasteiger charge is 2.40. The predicted molar refractivity (Wildman–Crippen MR) is 380 cm³/mol. The molecule has 6 aliphatic rings. The summed E-state index contributed by atoms with van der Waals surface area (Å²) in [6.07, 6.45) is 2.09. The lowest BCUT2D eigenvalue weighted by atomic mass is 9.98. The molecule has 6 aliphatic heterocycles. The van der Waals surface area contributed by atoms with Crippen molar-refractivity contribution in [3.05, 3.63) is 0 Å². The van der Waals surface area contributed by atoms with E-state index in [1.807, 2.05) is 97.8 Å². The van der Waals surface area contributed by atoms with E-state index in [1.165, 1.54) is 52.1 Å². The van der Waals surface area contributed by atoms with E-state index in [4.69, 9.17) is 18.9 Å². The average molecular weight is 1300 g/mol. The van der Waals surface area contributed by atoms with E-state index in [2.05, 4.69) is 173 Å². The van der Waals surface area contributed by atoms with Gasteiger partial charge in [-0.05, 0) is 232 Å². The van der Waals surface area contributed by atoms with Crippen LogP contribution in [0.1, 0.15) is 227 Å². The van der Waals surface area contributed by atoms with Crippen LogP contribution in [-0.4, -0.2) is 285 Å². The van der Waals surface area contributed by atoms with Crippen molar-refractivity contribution < 1.29 is 38.1 Å². The minimum atomic E-state index is -0.428. The molecule has 3 atom stereocenters. The average Bonchev–Trinajstić information content (AvgIpc) is 0.847. The fourth-order valence-electron chi connectivity index (χ4n) is 11.7. The first-order valence-electron chi connectivity index (χ1n) is 35.5. The first-order valence-corrected chi connectivity index (χ1v) is 35.5. The van der Waals surface area contributed by atoms with Gasteiger partial charge in [-0.25, -0.2) is 19.2 Å². The number of likely N-dealkylation sites (tertiary alicyclic amines) is 1. The van der Waals surface area contributed by atoms with Crippen LogP contribution in [0.4, 0.5) is 19.2 Å². The van der Waals surface area contributed by atoms with Crippen LogP contribution in [-0.2, 0) is 18.9 Å². The molecule has 0 aliphatic carbocycles. The molecular weight excluding hydrogens is 1150 g/mol. The Balaban J connectivity index is 0.000000553. The number of nitrogens with zero attached hydrogens (tertiary/aromatic N) is 11. The molecule has 0 saturated carbocycles. The molecule has 6 saturated heterocycles. The molecule has 0 aromatic rings. The Hall–Kier alpha value is -3.20. The van der Waals surface area contributed by atoms with Crippen LogP contribution < -0.4 is 0 Å². The van der Waals surface area contributed by atoms with Crippen LogP contribution in [0.2, 0.25) is 0 Å². The first kappa shape index (κ1) is 85.8. The van der Waals surface area contributed by atoms with Crippen molar-refractivity contribution in [2.45, 2.75) is 303 Å². The highest BCUT2D eigenvalue weighted by Crippen LogP contribution is 2.26. The maximum Gasteiger partial charge on any atom is 0.410 e. The lowest BCUT2D eigenvalue weighted by molar-refractivity contribution is -0.0284. The summed E-state index contributed by atoms with van der Waals surface area (Å²) >= 11 is 0. The summed E-state index contributed by atoms with van der Waals surface area (Å²) in [6, 6.07) is 3.36. The fourth-order valence-corrected chi connectivity index (χ4v) is 11.7. The number of hydrogen-bond donors (Lipinski definition) is 0. The van der Waals surface area contributed by atoms with Crippen LogP contribution in [0.15, 0.2) is 0 Å². The summed E-state index contributed by atoms with van der Waals surface area (Å²) in [5, 5.41) is 0. The van der Waals surface area contributed by atoms with Crippen molar-refractivity contribution in [2.75, 3.05) is 131 Å². The molecular formula is C72H147N11O8. The van der Waals surface area contributed by atoms with Gasteiger partial charge in [0.05, 0.1) is 11.6 Å². The predicted octanol–water partition coefficient (Wildman–Crippen LogP) is 13.1. The van der Waals surface area contributed by atoms with Crippen molar-refractivity contribution in [3.63, 3.8) is 0 Å². The van der Waals surface area contributed by atoms with E-state index < -0.39 is 22.4 Å².